The Morgan fingerprint density at radius 1 is 1.32 bits per heavy atom. The van der Waals surface area contributed by atoms with E-state index in [1.165, 1.54) is 17.7 Å². The lowest BCUT2D eigenvalue weighted by Crippen LogP contribution is -2.52. The van der Waals surface area contributed by atoms with E-state index in [1.54, 1.807) is 11.3 Å². The summed E-state index contributed by atoms with van der Waals surface area (Å²) in [5.41, 5.74) is 0. The molecular formula is C17H24N2O2S. The zero-order chi connectivity index (χ0) is 14.9. The number of rotatable bonds is 3. The Morgan fingerprint density at radius 2 is 2.18 bits per heavy atom. The number of amides is 1. The summed E-state index contributed by atoms with van der Waals surface area (Å²) in [5.74, 6) is 0.959. The summed E-state index contributed by atoms with van der Waals surface area (Å²) < 4.78 is 5.94. The van der Waals surface area contributed by atoms with Gasteiger partial charge in [0.2, 0.25) is 5.91 Å². The molecule has 3 atom stereocenters. The molecule has 3 saturated heterocycles. The Hall–Kier alpha value is -0.910. The Morgan fingerprint density at radius 3 is 2.95 bits per heavy atom. The van der Waals surface area contributed by atoms with Gasteiger partial charge in [-0.3, -0.25) is 9.69 Å². The molecule has 0 bridgehead atoms. The highest BCUT2D eigenvalue weighted by Gasteiger charge is 2.45. The number of carbonyl (C=O) groups excluding carboxylic acids is 1. The molecule has 0 saturated carbocycles. The first-order valence-electron chi connectivity index (χ1n) is 8.46. The molecule has 0 N–H and O–H groups in total. The zero-order valence-electron chi connectivity index (χ0n) is 12.9. The monoisotopic (exact) mass is 320 g/mol. The van der Waals surface area contributed by atoms with Crippen LogP contribution in [0.5, 0.6) is 0 Å². The van der Waals surface area contributed by atoms with Crippen LogP contribution < -0.4 is 0 Å². The van der Waals surface area contributed by atoms with Crippen molar-refractivity contribution >= 4 is 17.2 Å². The first-order valence-corrected chi connectivity index (χ1v) is 9.34. The van der Waals surface area contributed by atoms with Gasteiger partial charge in [0, 0.05) is 50.1 Å². The van der Waals surface area contributed by atoms with Gasteiger partial charge in [0.25, 0.3) is 0 Å². The summed E-state index contributed by atoms with van der Waals surface area (Å²) in [5, 5.41) is 2.13. The fraction of sp³-hybridized carbons (Fsp3) is 0.706. The molecule has 4 rings (SSSR count). The van der Waals surface area contributed by atoms with E-state index in [-0.39, 0.29) is 12.0 Å². The molecule has 3 aliphatic heterocycles. The molecule has 4 nitrogen and oxygen atoms in total. The molecule has 3 aliphatic rings. The highest BCUT2D eigenvalue weighted by atomic mass is 32.1. The van der Waals surface area contributed by atoms with Crippen molar-refractivity contribution in [1.29, 1.82) is 0 Å². The van der Waals surface area contributed by atoms with Gasteiger partial charge in [-0.1, -0.05) is 6.07 Å². The van der Waals surface area contributed by atoms with E-state index in [4.69, 9.17) is 4.74 Å². The Kier molecular flexibility index (Phi) is 4.20. The second kappa shape index (κ2) is 6.30. The number of likely N-dealkylation sites (tertiary alicyclic amines) is 2. The third-order valence-corrected chi connectivity index (χ3v) is 6.23. The third kappa shape index (κ3) is 2.82. The summed E-state index contributed by atoms with van der Waals surface area (Å²) in [6, 6.07) is 4.29. The van der Waals surface area contributed by atoms with Gasteiger partial charge in [0.15, 0.2) is 0 Å². The van der Waals surface area contributed by atoms with Crippen LogP contribution in [0.15, 0.2) is 17.5 Å². The maximum absolute atomic E-state index is 12.9. The molecule has 0 unspecified atom stereocenters. The Balaban J connectivity index is 1.49. The van der Waals surface area contributed by atoms with Gasteiger partial charge in [-0.25, -0.2) is 0 Å². The summed E-state index contributed by atoms with van der Waals surface area (Å²) in [6.07, 6.45) is 3.65. The molecule has 4 heterocycles. The minimum atomic E-state index is 0.138. The van der Waals surface area contributed by atoms with E-state index >= 15 is 0 Å². The fourth-order valence-electron chi connectivity index (χ4n) is 4.24. The summed E-state index contributed by atoms with van der Waals surface area (Å²) >= 11 is 1.80. The normalized spacial score (nSPS) is 32.4. The molecule has 22 heavy (non-hydrogen) atoms. The third-order valence-electron chi connectivity index (χ3n) is 5.36. The minimum absolute atomic E-state index is 0.138. The van der Waals surface area contributed by atoms with Crippen LogP contribution in [0.1, 0.15) is 24.1 Å². The van der Waals surface area contributed by atoms with Gasteiger partial charge in [-0.2, -0.15) is 0 Å². The molecule has 5 heteroatoms. The van der Waals surface area contributed by atoms with E-state index < -0.39 is 0 Å². The van der Waals surface area contributed by atoms with Gasteiger partial charge in [0.05, 0.1) is 12.0 Å². The standard InChI is InChI=1S/C17H24N2O2S/c20-17(19-6-1-2-7-19)15-11-18(10-13-4-3-9-22-13)12-16-14(15)5-8-21-16/h3-4,9,14-16H,1-2,5-8,10-12H2/t14-,15+,16+/m0/s1. The molecule has 1 amide bonds. The largest absolute Gasteiger partial charge is 0.377 e. The number of nitrogens with zero attached hydrogens (tertiary/aromatic N) is 2. The summed E-state index contributed by atoms with van der Waals surface area (Å²) in [7, 11) is 0. The quantitative estimate of drug-likeness (QED) is 0.856. The number of thiophene rings is 1. The lowest BCUT2D eigenvalue weighted by atomic mass is 9.82. The first kappa shape index (κ1) is 14.7. The van der Waals surface area contributed by atoms with Gasteiger partial charge < -0.3 is 9.64 Å². The van der Waals surface area contributed by atoms with Crippen molar-refractivity contribution in [3.8, 4) is 0 Å². The van der Waals surface area contributed by atoms with Crippen LogP contribution in [0.25, 0.3) is 0 Å². The van der Waals surface area contributed by atoms with E-state index in [0.29, 0.717) is 11.8 Å². The van der Waals surface area contributed by atoms with Crippen LogP contribution >= 0.6 is 11.3 Å². The lowest BCUT2D eigenvalue weighted by Gasteiger charge is -2.40. The van der Waals surface area contributed by atoms with Crippen LogP contribution in [0.4, 0.5) is 0 Å². The molecule has 1 aromatic heterocycles. The van der Waals surface area contributed by atoms with Gasteiger partial charge in [0.1, 0.15) is 0 Å². The Bertz CT molecular complexity index is 513. The number of hydrogen-bond acceptors (Lipinski definition) is 4. The SMILES string of the molecule is O=C([C@@H]1CN(Cc2cccs2)C[C@H]2OCC[C@H]21)N1CCCC1. The number of ether oxygens (including phenoxy) is 1. The smallest absolute Gasteiger partial charge is 0.227 e. The zero-order valence-corrected chi connectivity index (χ0v) is 13.8. The molecule has 1 aromatic rings. The predicted molar refractivity (Wildman–Crippen MR) is 86.7 cm³/mol. The van der Waals surface area contributed by atoms with Crippen molar-refractivity contribution in [2.75, 3.05) is 32.8 Å². The van der Waals surface area contributed by atoms with Crippen molar-refractivity contribution < 1.29 is 9.53 Å². The molecule has 3 fully saturated rings. The van der Waals surface area contributed by atoms with Crippen molar-refractivity contribution in [3.05, 3.63) is 22.4 Å². The average molecular weight is 320 g/mol. The van der Waals surface area contributed by atoms with E-state index in [1.807, 2.05) is 0 Å². The molecular weight excluding hydrogens is 296 g/mol. The second-order valence-corrected chi connectivity index (χ2v) is 7.81. The highest BCUT2D eigenvalue weighted by molar-refractivity contribution is 7.09. The number of carbonyl (C=O) groups is 1. The van der Waals surface area contributed by atoms with Crippen molar-refractivity contribution in [2.45, 2.75) is 31.9 Å². The minimum Gasteiger partial charge on any atom is -0.377 e. The van der Waals surface area contributed by atoms with Crippen LogP contribution in [0.3, 0.4) is 0 Å². The maximum atomic E-state index is 12.9. The van der Waals surface area contributed by atoms with E-state index in [2.05, 4.69) is 27.3 Å². The van der Waals surface area contributed by atoms with E-state index in [9.17, 15) is 4.79 Å². The molecule has 0 aliphatic carbocycles. The van der Waals surface area contributed by atoms with Gasteiger partial charge in [-0.15, -0.1) is 11.3 Å². The second-order valence-electron chi connectivity index (χ2n) is 6.77. The summed E-state index contributed by atoms with van der Waals surface area (Å²) in [6.45, 7) is 5.57. The van der Waals surface area contributed by atoms with Crippen molar-refractivity contribution in [1.82, 2.24) is 9.80 Å². The molecule has 0 spiro atoms. The number of hydrogen-bond donors (Lipinski definition) is 0. The van der Waals surface area contributed by atoms with Gasteiger partial charge in [-0.05, 0) is 30.7 Å². The summed E-state index contributed by atoms with van der Waals surface area (Å²) in [4.78, 5) is 18.8. The fourth-order valence-corrected chi connectivity index (χ4v) is 4.99. The van der Waals surface area contributed by atoms with E-state index in [0.717, 1.165) is 45.8 Å². The van der Waals surface area contributed by atoms with Crippen molar-refractivity contribution in [3.63, 3.8) is 0 Å². The molecule has 0 radical (unpaired) electrons. The van der Waals surface area contributed by atoms with Crippen molar-refractivity contribution in [2.24, 2.45) is 11.8 Å². The van der Waals surface area contributed by atoms with Crippen LogP contribution in [-0.4, -0.2) is 54.6 Å². The van der Waals surface area contributed by atoms with Crippen LogP contribution in [0.2, 0.25) is 0 Å². The van der Waals surface area contributed by atoms with Gasteiger partial charge >= 0.3 is 0 Å². The Labute approximate surface area is 136 Å². The first-order chi connectivity index (χ1) is 10.8. The molecule has 120 valence electrons. The number of piperidine rings is 1. The topological polar surface area (TPSA) is 32.8 Å². The molecule has 0 aromatic carbocycles. The lowest BCUT2D eigenvalue weighted by molar-refractivity contribution is -0.140. The van der Waals surface area contributed by atoms with Crippen LogP contribution in [-0.2, 0) is 16.1 Å². The average Bonchev–Trinajstić information content (AvgIpc) is 3.27. The van der Waals surface area contributed by atoms with Crippen LogP contribution in [0, 0.1) is 11.8 Å². The highest BCUT2D eigenvalue weighted by Crippen LogP contribution is 2.36. The maximum Gasteiger partial charge on any atom is 0.227 e. The number of fused-ring (bicyclic) bond motifs is 1. The predicted octanol–water partition coefficient (Wildman–Crippen LogP) is 2.21.